The lowest BCUT2D eigenvalue weighted by Gasteiger charge is -2.04. The number of phenolic OH excluding ortho intramolecular Hbond substituents is 1. The molecule has 164 valence electrons. The molecule has 0 saturated carbocycles. The van der Waals surface area contributed by atoms with Crippen LogP contribution in [-0.2, 0) is 0 Å². The van der Waals surface area contributed by atoms with Gasteiger partial charge in [0.1, 0.15) is 11.6 Å². The van der Waals surface area contributed by atoms with E-state index in [2.05, 4.69) is 31.0 Å². The molecule has 33 heavy (non-hydrogen) atoms. The van der Waals surface area contributed by atoms with Gasteiger partial charge in [-0.2, -0.15) is 5.10 Å². The van der Waals surface area contributed by atoms with Crippen molar-refractivity contribution >= 4 is 40.1 Å². The second-order valence-corrected chi connectivity index (χ2v) is 8.05. The fourth-order valence-corrected chi connectivity index (χ4v) is 3.63. The Morgan fingerprint density at radius 3 is 2.48 bits per heavy atom. The summed E-state index contributed by atoms with van der Waals surface area (Å²) in [6.45, 7) is 1.80. The van der Waals surface area contributed by atoms with Gasteiger partial charge in [-0.3, -0.25) is 4.79 Å². The van der Waals surface area contributed by atoms with E-state index in [9.17, 15) is 14.3 Å². The van der Waals surface area contributed by atoms with Crippen molar-refractivity contribution in [2.45, 2.75) is 6.92 Å². The monoisotopic (exact) mass is 504 g/mol. The average molecular weight is 505 g/mol. The minimum atomic E-state index is -0.325. The lowest BCUT2D eigenvalue weighted by Crippen LogP contribution is -1.99. The van der Waals surface area contributed by atoms with Crippen LogP contribution in [0.15, 0.2) is 87.5 Å². The molecular weight excluding hydrogens is 487 g/mol. The molecule has 8 heteroatoms. The Morgan fingerprint density at radius 2 is 1.79 bits per heavy atom. The fourth-order valence-electron chi connectivity index (χ4n) is 3.14. The van der Waals surface area contributed by atoms with Crippen molar-refractivity contribution in [1.82, 2.24) is 9.66 Å². The van der Waals surface area contributed by atoms with Gasteiger partial charge >= 0.3 is 0 Å². The summed E-state index contributed by atoms with van der Waals surface area (Å²) < 4.78 is 15.4. The van der Waals surface area contributed by atoms with Crippen molar-refractivity contribution in [3.63, 3.8) is 0 Å². The number of aldehydes is 1. The summed E-state index contributed by atoms with van der Waals surface area (Å²) >= 11 is 3.33. The van der Waals surface area contributed by atoms with E-state index < -0.39 is 0 Å². The number of rotatable bonds is 6. The second-order valence-electron chi connectivity index (χ2n) is 7.14. The highest BCUT2D eigenvalue weighted by atomic mass is 79.9. The molecule has 0 unspecified atom stereocenters. The van der Waals surface area contributed by atoms with Gasteiger partial charge in [0.05, 0.1) is 23.2 Å². The molecule has 1 heterocycles. The number of aliphatic imine (C=N–C) groups is 1. The molecule has 0 spiro atoms. The highest BCUT2D eigenvalue weighted by molar-refractivity contribution is 9.10. The maximum absolute atomic E-state index is 13.3. The maximum Gasteiger partial charge on any atom is 0.251 e. The Balaban J connectivity index is 1.78. The molecule has 0 atom stereocenters. The van der Waals surface area contributed by atoms with E-state index in [0.29, 0.717) is 27.7 Å². The standard InChI is InChI=1S/C25H18BrFN4O2/c1-16(17-7-9-22(27)10-8-17)30-31-14-23(18-5-3-2-4-6-18)29-25(31)28-13-19-11-21(26)12-20(15-32)24(19)33/h2-15,33H,1H3/b28-13?,30-16-. The summed E-state index contributed by atoms with van der Waals surface area (Å²) in [5.41, 5.74) is 3.42. The second kappa shape index (κ2) is 9.70. The summed E-state index contributed by atoms with van der Waals surface area (Å²) in [6, 6.07) is 18.8. The quantitative estimate of drug-likeness (QED) is 0.258. The average Bonchev–Trinajstić information content (AvgIpc) is 3.22. The molecule has 6 nitrogen and oxygen atoms in total. The zero-order valence-electron chi connectivity index (χ0n) is 17.5. The molecular formula is C25H18BrFN4O2. The van der Waals surface area contributed by atoms with E-state index in [1.807, 2.05) is 30.3 Å². The number of halogens is 2. The van der Waals surface area contributed by atoms with Crippen LogP contribution in [0.2, 0.25) is 0 Å². The number of benzene rings is 3. The van der Waals surface area contributed by atoms with Gasteiger partial charge in [-0.15, -0.1) is 0 Å². The van der Waals surface area contributed by atoms with Crippen molar-refractivity contribution in [3.05, 3.63) is 99.9 Å². The van der Waals surface area contributed by atoms with E-state index in [4.69, 9.17) is 0 Å². The molecule has 3 aromatic carbocycles. The maximum atomic E-state index is 13.3. The summed E-state index contributed by atoms with van der Waals surface area (Å²) in [5.74, 6) is -0.235. The molecule has 4 rings (SSSR count). The van der Waals surface area contributed by atoms with Gasteiger partial charge in [0.15, 0.2) is 6.29 Å². The minimum Gasteiger partial charge on any atom is -0.507 e. The third-order valence-corrected chi connectivity index (χ3v) is 5.30. The lowest BCUT2D eigenvalue weighted by atomic mass is 10.1. The molecule has 0 aliphatic carbocycles. The fraction of sp³-hybridized carbons (Fsp3) is 0.0400. The minimum absolute atomic E-state index is 0.143. The number of hydrogen-bond acceptors (Lipinski definition) is 5. The smallest absolute Gasteiger partial charge is 0.251 e. The Bertz CT molecular complexity index is 1360. The third-order valence-electron chi connectivity index (χ3n) is 4.84. The Hall–Kier alpha value is -3.91. The summed E-state index contributed by atoms with van der Waals surface area (Å²) in [5, 5.41) is 14.9. The van der Waals surface area contributed by atoms with E-state index in [0.717, 1.165) is 11.1 Å². The van der Waals surface area contributed by atoms with Crippen molar-refractivity contribution in [2.24, 2.45) is 10.1 Å². The Kier molecular flexibility index (Phi) is 6.55. The number of aromatic hydroxyl groups is 1. The molecule has 0 radical (unpaired) electrons. The van der Waals surface area contributed by atoms with Crippen LogP contribution in [0, 0.1) is 5.82 Å². The lowest BCUT2D eigenvalue weighted by molar-refractivity contribution is 0.112. The summed E-state index contributed by atoms with van der Waals surface area (Å²) in [4.78, 5) is 20.2. The molecule has 0 aliphatic rings. The highest BCUT2D eigenvalue weighted by Gasteiger charge is 2.11. The van der Waals surface area contributed by atoms with Gasteiger partial charge in [-0.1, -0.05) is 58.4 Å². The van der Waals surface area contributed by atoms with E-state index >= 15 is 0 Å². The van der Waals surface area contributed by atoms with Gasteiger partial charge < -0.3 is 5.11 Å². The van der Waals surface area contributed by atoms with Gasteiger partial charge in [-0.25, -0.2) is 19.0 Å². The van der Waals surface area contributed by atoms with Crippen LogP contribution in [0.5, 0.6) is 5.75 Å². The highest BCUT2D eigenvalue weighted by Crippen LogP contribution is 2.27. The molecule has 0 bridgehead atoms. The van der Waals surface area contributed by atoms with Crippen molar-refractivity contribution in [2.75, 3.05) is 0 Å². The van der Waals surface area contributed by atoms with Crippen LogP contribution in [-0.4, -0.2) is 33.0 Å². The first-order valence-corrected chi connectivity index (χ1v) is 10.7. The predicted molar refractivity (Wildman–Crippen MR) is 130 cm³/mol. The zero-order chi connectivity index (χ0) is 23.4. The van der Waals surface area contributed by atoms with Crippen molar-refractivity contribution < 1.29 is 14.3 Å². The van der Waals surface area contributed by atoms with Gasteiger partial charge in [0.2, 0.25) is 0 Å². The molecule has 4 aromatic rings. The van der Waals surface area contributed by atoms with Gasteiger partial charge in [0.25, 0.3) is 5.95 Å². The molecule has 0 amide bonds. The largest absolute Gasteiger partial charge is 0.507 e. The van der Waals surface area contributed by atoms with E-state index in [1.54, 1.807) is 31.3 Å². The van der Waals surface area contributed by atoms with Crippen molar-refractivity contribution in [3.8, 4) is 17.0 Å². The number of imidazole rings is 1. The van der Waals surface area contributed by atoms with Crippen LogP contribution in [0.3, 0.4) is 0 Å². The number of carbonyl (C=O) groups excluding carboxylic acids is 1. The van der Waals surface area contributed by atoms with Crippen LogP contribution >= 0.6 is 15.9 Å². The summed E-state index contributed by atoms with van der Waals surface area (Å²) in [7, 11) is 0. The third kappa shape index (κ3) is 5.12. The van der Waals surface area contributed by atoms with E-state index in [-0.39, 0.29) is 23.1 Å². The van der Waals surface area contributed by atoms with Crippen LogP contribution in [0.25, 0.3) is 11.3 Å². The van der Waals surface area contributed by atoms with Crippen molar-refractivity contribution in [1.29, 1.82) is 0 Å². The normalized spacial score (nSPS) is 11.8. The molecule has 0 aliphatic heterocycles. The molecule has 1 N–H and O–H groups in total. The number of aromatic nitrogens is 2. The Labute approximate surface area is 197 Å². The first-order valence-electron chi connectivity index (χ1n) is 9.92. The van der Waals surface area contributed by atoms with Crippen LogP contribution in [0.1, 0.15) is 28.4 Å². The zero-order valence-corrected chi connectivity index (χ0v) is 19.1. The predicted octanol–water partition coefficient (Wildman–Crippen LogP) is 5.99. The Morgan fingerprint density at radius 1 is 1.09 bits per heavy atom. The molecule has 0 fully saturated rings. The number of phenols is 1. The number of hydrogen-bond donors (Lipinski definition) is 1. The first-order chi connectivity index (χ1) is 15.9. The first kappa shape index (κ1) is 22.3. The summed E-state index contributed by atoms with van der Waals surface area (Å²) in [6.07, 6.45) is 3.73. The number of nitrogens with zero attached hydrogens (tertiary/aromatic N) is 4. The van der Waals surface area contributed by atoms with Gasteiger partial charge in [-0.05, 0) is 36.8 Å². The molecule has 1 aromatic heterocycles. The number of carbonyl (C=O) groups is 1. The van der Waals surface area contributed by atoms with Gasteiger partial charge in [0, 0.05) is 21.8 Å². The van der Waals surface area contributed by atoms with Crippen LogP contribution in [0.4, 0.5) is 10.3 Å². The van der Waals surface area contributed by atoms with E-state index in [1.165, 1.54) is 29.1 Å². The van der Waals surface area contributed by atoms with Crippen LogP contribution < -0.4 is 0 Å². The molecule has 0 saturated heterocycles. The SMILES string of the molecule is C/C(=N/n1cc(-c2ccccc2)nc1N=Cc1cc(Br)cc(C=O)c1O)c1ccc(F)cc1. The topological polar surface area (TPSA) is 79.8 Å².